The molecule has 0 saturated heterocycles. The average molecular weight is 390 g/mol. The Morgan fingerprint density at radius 1 is 1.00 bits per heavy atom. The van der Waals surface area contributed by atoms with Crippen LogP contribution in [0.25, 0.3) is 11.1 Å². The Balaban J connectivity index is 1.98. The van der Waals surface area contributed by atoms with Crippen LogP contribution in [-0.2, 0) is 4.74 Å². The van der Waals surface area contributed by atoms with E-state index in [2.05, 4.69) is 4.98 Å². The van der Waals surface area contributed by atoms with E-state index in [-0.39, 0.29) is 45.9 Å². The molecule has 1 heterocycles. The molecule has 0 saturated carbocycles. The van der Waals surface area contributed by atoms with Gasteiger partial charge in [0.05, 0.1) is 22.8 Å². The summed E-state index contributed by atoms with van der Waals surface area (Å²) in [5.41, 5.74) is 0.955. The number of ketones is 2. The SMILES string of the molecule is CCOC(=O)c1[nH]c2c(c1-c1ccc([N+](=O)[O-])cc1)C(=O)c1ccccc1C2=O. The molecule has 1 N–H and O–H groups in total. The van der Waals surface area contributed by atoms with Gasteiger partial charge in [0.2, 0.25) is 5.78 Å². The van der Waals surface area contributed by atoms with Gasteiger partial charge in [-0.25, -0.2) is 4.79 Å². The number of hydrogen-bond donors (Lipinski definition) is 1. The van der Waals surface area contributed by atoms with E-state index in [4.69, 9.17) is 4.74 Å². The fourth-order valence-corrected chi connectivity index (χ4v) is 3.44. The molecule has 1 aliphatic carbocycles. The number of carbonyl (C=O) groups excluding carboxylic acids is 3. The molecule has 0 amide bonds. The van der Waals surface area contributed by atoms with Gasteiger partial charge in [0, 0.05) is 28.8 Å². The molecule has 0 spiro atoms. The molecule has 0 fully saturated rings. The lowest BCUT2D eigenvalue weighted by molar-refractivity contribution is -0.384. The van der Waals surface area contributed by atoms with Crippen LogP contribution in [0.1, 0.15) is 49.4 Å². The van der Waals surface area contributed by atoms with E-state index in [9.17, 15) is 24.5 Å². The minimum Gasteiger partial charge on any atom is -0.461 e. The number of hydrogen-bond acceptors (Lipinski definition) is 6. The van der Waals surface area contributed by atoms with E-state index in [0.29, 0.717) is 5.56 Å². The largest absolute Gasteiger partial charge is 0.461 e. The van der Waals surface area contributed by atoms with Gasteiger partial charge < -0.3 is 9.72 Å². The third kappa shape index (κ3) is 2.82. The third-order valence-corrected chi connectivity index (χ3v) is 4.72. The lowest BCUT2D eigenvalue weighted by Crippen LogP contribution is -2.20. The summed E-state index contributed by atoms with van der Waals surface area (Å²) < 4.78 is 5.08. The fraction of sp³-hybridized carbons (Fsp3) is 0.0952. The lowest BCUT2D eigenvalue weighted by atomic mass is 9.85. The first-order valence-electron chi connectivity index (χ1n) is 8.80. The number of benzene rings is 2. The lowest BCUT2D eigenvalue weighted by Gasteiger charge is -2.15. The highest BCUT2D eigenvalue weighted by molar-refractivity contribution is 6.31. The van der Waals surface area contributed by atoms with E-state index >= 15 is 0 Å². The van der Waals surface area contributed by atoms with Crippen molar-refractivity contribution in [3.63, 3.8) is 0 Å². The van der Waals surface area contributed by atoms with E-state index in [1.54, 1.807) is 31.2 Å². The molecule has 4 rings (SSSR count). The number of fused-ring (bicyclic) bond motifs is 2. The molecule has 3 aromatic rings. The third-order valence-electron chi connectivity index (χ3n) is 4.72. The zero-order valence-electron chi connectivity index (χ0n) is 15.2. The quantitative estimate of drug-likeness (QED) is 0.323. The molecule has 8 heteroatoms. The molecule has 0 atom stereocenters. The molecule has 2 aromatic carbocycles. The molecule has 0 aliphatic heterocycles. The van der Waals surface area contributed by atoms with Crippen LogP contribution in [0.2, 0.25) is 0 Å². The summed E-state index contributed by atoms with van der Waals surface area (Å²) in [5.74, 6) is -1.54. The number of aromatic nitrogens is 1. The first-order chi connectivity index (χ1) is 13.9. The standard InChI is InChI=1S/C21H14N2O6/c1-2-29-21(26)18-15(11-7-9-12(10-8-11)23(27)28)16-17(22-18)20(25)14-6-4-3-5-13(14)19(16)24/h3-10,22H,2H2,1H3. The van der Waals surface area contributed by atoms with Gasteiger partial charge in [-0.3, -0.25) is 19.7 Å². The smallest absolute Gasteiger partial charge is 0.355 e. The summed E-state index contributed by atoms with van der Waals surface area (Å²) in [4.78, 5) is 51.8. The molecule has 144 valence electrons. The van der Waals surface area contributed by atoms with Crippen molar-refractivity contribution in [1.29, 1.82) is 0 Å². The molecule has 1 aliphatic rings. The monoisotopic (exact) mass is 390 g/mol. The Bertz CT molecular complexity index is 1190. The van der Waals surface area contributed by atoms with Gasteiger partial charge in [-0.15, -0.1) is 0 Å². The molecule has 8 nitrogen and oxygen atoms in total. The summed E-state index contributed by atoms with van der Waals surface area (Å²) in [6.07, 6.45) is 0. The summed E-state index contributed by atoms with van der Waals surface area (Å²) in [6.45, 7) is 1.74. The predicted octanol–water partition coefficient (Wildman–Crippen LogP) is 3.54. The van der Waals surface area contributed by atoms with Crippen LogP contribution in [0, 0.1) is 10.1 Å². The van der Waals surface area contributed by atoms with Crippen molar-refractivity contribution in [3.05, 3.63) is 86.7 Å². The number of nitro groups is 1. The fourth-order valence-electron chi connectivity index (χ4n) is 3.44. The molecular weight excluding hydrogens is 376 g/mol. The van der Waals surface area contributed by atoms with Crippen molar-refractivity contribution < 1.29 is 24.0 Å². The highest BCUT2D eigenvalue weighted by atomic mass is 16.6. The predicted molar refractivity (Wildman–Crippen MR) is 102 cm³/mol. The summed E-state index contributed by atoms with van der Waals surface area (Å²) >= 11 is 0. The zero-order valence-corrected chi connectivity index (χ0v) is 15.2. The van der Waals surface area contributed by atoms with E-state index in [0.717, 1.165) is 0 Å². The first kappa shape index (κ1) is 18.3. The maximum atomic E-state index is 13.2. The maximum Gasteiger partial charge on any atom is 0.355 e. The number of aromatic amines is 1. The Morgan fingerprint density at radius 2 is 1.62 bits per heavy atom. The van der Waals surface area contributed by atoms with Gasteiger partial charge in [-0.1, -0.05) is 24.3 Å². The Labute approximate surface area is 164 Å². The van der Waals surface area contributed by atoms with Crippen molar-refractivity contribution in [2.75, 3.05) is 6.61 Å². The molecule has 0 radical (unpaired) electrons. The summed E-state index contributed by atoms with van der Waals surface area (Å²) in [5, 5.41) is 11.0. The summed E-state index contributed by atoms with van der Waals surface area (Å²) in [6, 6.07) is 11.8. The number of nitro benzene ring substituents is 1. The number of esters is 1. The zero-order chi connectivity index (χ0) is 20.7. The Morgan fingerprint density at radius 3 is 2.21 bits per heavy atom. The minimum atomic E-state index is -0.722. The van der Waals surface area contributed by atoms with Gasteiger partial charge >= 0.3 is 5.97 Å². The number of H-pyrrole nitrogens is 1. The van der Waals surface area contributed by atoms with Crippen LogP contribution < -0.4 is 0 Å². The topological polar surface area (TPSA) is 119 Å². The van der Waals surface area contributed by atoms with Crippen molar-refractivity contribution in [2.24, 2.45) is 0 Å². The average Bonchev–Trinajstić information content (AvgIpc) is 3.13. The van der Waals surface area contributed by atoms with Crippen molar-refractivity contribution in [2.45, 2.75) is 6.92 Å². The molecule has 29 heavy (non-hydrogen) atoms. The maximum absolute atomic E-state index is 13.2. The van der Waals surface area contributed by atoms with Crippen LogP contribution in [-0.4, -0.2) is 34.0 Å². The molecule has 0 bridgehead atoms. The number of ether oxygens (including phenoxy) is 1. The van der Waals surface area contributed by atoms with Crippen molar-refractivity contribution >= 4 is 23.2 Å². The molecule has 0 unspecified atom stereocenters. The second-order valence-corrected chi connectivity index (χ2v) is 6.35. The Hall–Kier alpha value is -4.07. The molecule has 1 aromatic heterocycles. The van der Waals surface area contributed by atoms with Crippen LogP contribution in [0.15, 0.2) is 48.5 Å². The van der Waals surface area contributed by atoms with Crippen LogP contribution in [0.3, 0.4) is 0 Å². The first-order valence-corrected chi connectivity index (χ1v) is 8.80. The van der Waals surface area contributed by atoms with E-state index in [1.807, 2.05) is 0 Å². The van der Waals surface area contributed by atoms with Gasteiger partial charge in [0.1, 0.15) is 5.69 Å². The second-order valence-electron chi connectivity index (χ2n) is 6.35. The van der Waals surface area contributed by atoms with Crippen LogP contribution in [0.4, 0.5) is 5.69 Å². The number of carbonyl (C=O) groups is 3. The van der Waals surface area contributed by atoms with Gasteiger partial charge in [-0.2, -0.15) is 0 Å². The molecular formula is C21H14N2O6. The number of non-ortho nitro benzene ring substituents is 1. The van der Waals surface area contributed by atoms with Crippen molar-refractivity contribution in [3.8, 4) is 11.1 Å². The van der Waals surface area contributed by atoms with Gasteiger partial charge in [-0.05, 0) is 24.6 Å². The van der Waals surface area contributed by atoms with E-state index < -0.39 is 22.5 Å². The highest BCUT2D eigenvalue weighted by Crippen LogP contribution is 2.37. The number of nitrogens with one attached hydrogen (secondary N) is 1. The van der Waals surface area contributed by atoms with Crippen molar-refractivity contribution in [1.82, 2.24) is 4.98 Å². The van der Waals surface area contributed by atoms with Gasteiger partial charge in [0.15, 0.2) is 5.78 Å². The van der Waals surface area contributed by atoms with Gasteiger partial charge in [0.25, 0.3) is 5.69 Å². The van der Waals surface area contributed by atoms with Crippen LogP contribution in [0.5, 0.6) is 0 Å². The number of nitrogens with zero attached hydrogens (tertiary/aromatic N) is 1. The van der Waals surface area contributed by atoms with E-state index in [1.165, 1.54) is 24.3 Å². The highest BCUT2D eigenvalue weighted by Gasteiger charge is 2.37. The minimum absolute atomic E-state index is 0.00473. The van der Waals surface area contributed by atoms with Crippen LogP contribution >= 0.6 is 0 Å². The Kier molecular flexibility index (Phi) is 4.31. The second kappa shape index (κ2) is 6.83. The normalized spacial score (nSPS) is 12.3. The number of rotatable bonds is 4. The summed E-state index contributed by atoms with van der Waals surface area (Å²) in [7, 11) is 0.